The Morgan fingerprint density at radius 2 is 1.97 bits per heavy atom. The number of aromatic hydroxyl groups is 1. The number of nitrogens with one attached hydrogen (secondary N) is 2. The number of aromatic nitrogens is 3. The standard InChI is InChI=1S/C15H19FN6O7S2/c1-2-29-30(24)6-5-28-4-3-18-14-20-13(16)21-15(22-14)19-11-8-9(31(25,26)27)7-10(17)12(11)23/h2,7-8,23H,1,3-6,17H2,(H,25,26,27)(H2,18,19,20,21,22). The van der Waals surface area contributed by atoms with Gasteiger partial charge in [-0.1, -0.05) is 6.58 Å². The Labute approximate surface area is 178 Å². The van der Waals surface area contributed by atoms with Gasteiger partial charge in [0.1, 0.15) is 0 Å². The molecule has 1 atom stereocenters. The van der Waals surface area contributed by atoms with Crippen molar-refractivity contribution in [3.05, 3.63) is 31.1 Å². The molecule has 0 aliphatic rings. The number of nitrogens with two attached hydrogens (primary N) is 1. The first kappa shape index (κ1) is 24.2. The second-order valence-corrected chi connectivity index (χ2v) is 8.20. The summed E-state index contributed by atoms with van der Waals surface area (Å²) in [6.07, 6.45) is -0.109. The molecule has 2 aromatic rings. The van der Waals surface area contributed by atoms with E-state index >= 15 is 0 Å². The van der Waals surface area contributed by atoms with Gasteiger partial charge in [0.15, 0.2) is 5.75 Å². The van der Waals surface area contributed by atoms with Gasteiger partial charge >= 0.3 is 6.08 Å². The van der Waals surface area contributed by atoms with Crippen molar-refractivity contribution < 1.29 is 35.6 Å². The molecule has 31 heavy (non-hydrogen) atoms. The van der Waals surface area contributed by atoms with E-state index in [4.69, 9.17) is 15.0 Å². The molecule has 0 fully saturated rings. The largest absolute Gasteiger partial charge is 0.504 e. The molecule has 170 valence electrons. The van der Waals surface area contributed by atoms with Crippen LogP contribution in [0.1, 0.15) is 0 Å². The molecular formula is C15H19FN6O7S2. The molecule has 16 heteroatoms. The van der Waals surface area contributed by atoms with E-state index in [9.17, 15) is 22.1 Å². The molecule has 13 nitrogen and oxygen atoms in total. The summed E-state index contributed by atoms with van der Waals surface area (Å²) < 4.78 is 66.6. The molecule has 0 aliphatic carbocycles. The minimum atomic E-state index is -4.62. The van der Waals surface area contributed by atoms with Crippen molar-refractivity contribution >= 4 is 44.5 Å². The molecule has 0 saturated carbocycles. The smallest absolute Gasteiger partial charge is 0.315 e. The SMILES string of the molecule is C=COS(=O)CCOCCNc1nc(F)nc(Nc2cc(S(=O)(=O)O)cc(N)c2O)n1. The van der Waals surface area contributed by atoms with Gasteiger partial charge < -0.3 is 30.4 Å². The first-order valence-electron chi connectivity index (χ1n) is 8.36. The molecule has 0 saturated heterocycles. The van der Waals surface area contributed by atoms with Crippen molar-refractivity contribution in [2.24, 2.45) is 0 Å². The van der Waals surface area contributed by atoms with Gasteiger partial charge in [-0.3, -0.25) is 4.55 Å². The van der Waals surface area contributed by atoms with E-state index in [1.807, 2.05) is 0 Å². The van der Waals surface area contributed by atoms with E-state index in [2.05, 4.69) is 36.3 Å². The summed E-state index contributed by atoms with van der Waals surface area (Å²) >= 11 is -1.54. The van der Waals surface area contributed by atoms with E-state index in [1.165, 1.54) is 0 Å². The van der Waals surface area contributed by atoms with Crippen LogP contribution in [0.15, 0.2) is 29.9 Å². The minimum Gasteiger partial charge on any atom is -0.504 e. The van der Waals surface area contributed by atoms with E-state index in [0.717, 1.165) is 18.4 Å². The van der Waals surface area contributed by atoms with Gasteiger partial charge in [-0.2, -0.15) is 27.8 Å². The summed E-state index contributed by atoms with van der Waals surface area (Å²) in [4.78, 5) is 10.1. The average Bonchev–Trinajstić information content (AvgIpc) is 2.67. The molecule has 2 rings (SSSR count). The normalized spacial score (nSPS) is 12.2. The number of ether oxygens (including phenoxy) is 1. The van der Waals surface area contributed by atoms with Gasteiger partial charge in [0, 0.05) is 6.54 Å². The van der Waals surface area contributed by atoms with E-state index in [0.29, 0.717) is 0 Å². The maximum absolute atomic E-state index is 13.7. The Kier molecular flexibility index (Phi) is 8.43. The fourth-order valence-electron chi connectivity index (χ4n) is 2.07. The molecular weight excluding hydrogens is 459 g/mol. The molecule has 1 aromatic carbocycles. The number of halogens is 1. The number of nitrogens with zero attached hydrogens (tertiary/aromatic N) is 3. The molecule has 0 spiro atoms. The fourth-order valence-corrected chi connectivity index (χ4v) is 3.11. The van der Waals surface area contributed by atoms with Gasteiger partial charge in [0.25, 0.3) is 10.1 Å². The Morgan fingerprint density at radius 1 is 1.26 bits per heavy atom. The lowest BCUT2D eigenvalue weighted by molar-refractivity contribution is 0.159. The molecule has 0 radical (unpaired) electrons. The second-order valence-electron chi connectivity index (χ2n) is 5.57. The van der Waals surface area contributed by atoms with Crippen LogP contribution in [0, 0.1) is 6.08 Å². The highest BCUT2D eigenvalue weighted by Gasteiger charge is 2.17. The summed E-state index contributed by atoms with van der Waals surface area (Å²) in [7, 11) is -4.62. The topological polar surface area (TPSA) is 199 Å². The van der Waals surface area contributed by atoms with Crippen LogP contribution in [0.2, 0.25) is 0 Å². The predicted octanol–water partition coefficient (Wildman–Crippen LogP) is 0.541. The fraction of sp³-hybridized carbons (Fsp3) is 0.267. The summed E-state index contributed by atoms with van der Waals surface area (Å²) in [5, 5.41) is 15.1. The maximum atomic E-state index is 13.7. The van der Waals surface area contributed by atoms with E-state index in [1.54, 1.807) is 0 Å². The third-order valence-corrected chi connectivity index (χ3v) is 5.05. The van der Waals surface area contributed by atoms with Crippen molar-refractivity contribution in [3.8, 4) is 5.75 Å². The minimum absolute atomic E-state index is 0.135. The van der Waals surface area contributed by atoms with Crippen molar-refractivity contribution in [3.63, 3.8) is 0 Å². The van der Waals surface area contributed by atoms with Gasteiger partial charge in [-0.25, -0.2) is 4.21 Å². The summed E-state index contributed by atoms with van der Waals surface area (Å²) in [6.45, 7) is 3.73. The van der Waals surface area contributed by atoms with Crippen LogP contribution >= 0.6 is 0 Å². The van der Waals surface area contributed by atoms with Gasteiger partial charge in [0.05, 0.1) is 41.5 Å². The zero-order valence-electron chi connectivity index (χ0n) is 15.8. The number of hydrogen-bond donors (Lipinski definition) is 5. The lowest BCUT2D eigenvalue weighted by Crippen LogP contribution is -2.16. The first-order valence-corrected chi connectivity index (χ1v) is 11.0. The molecule has 0 bridgehead atoms. The van der Waals surface area contributed by atoms with E-state index in [-0.39, 0.29) is 48.8 Å². The number of anilines is 4. The Balaban J connectivity index is 2.01. The molecule has 1 aromatic heterocycles. The van der Waals surface area contributed by atoms with Crippen LogP contribution in [0.4, 0.5) is 27.7 Å². The van der Waals surface area contributed by atoms with Crippen molar-refractivity contribution in [1.29, 1.82) is 0 Å². The number of phenols is 1. The third kappa shape index (κ3) is 7.59. The van der Waals surface area contributed by atoms with Crippen LogP contribution in [-0.4, -0.2) is 62.7 Å². The molecule has 6 N–H and O–H groups in total. The second kappa shape index (κ2) is 10.8. The number of nitrogen functional groups attached to an aromatic ring is 1. The summed E-state index contributed by atoms with van der Waals surface area (Å²) in [5.74, 6) is -0.991. The van der Waals surface area contributed by atoms with Crippen LogP contribution in [0.5, 0.6) is 5.75 Å². The van der Waals surface area contributed by atoms with Crippen molar-refractivity contribution in [2.75, 3.05) is 41.9 Å². The zero-order chi connectivity index (χ0) is 23.0. The third-order valence-electron chi connectivity index (χ3n) is 3.36. The Morgan fingerprint density at radius 3 is 2.65 bits per heavy atom. The van der Waals surface area contributed by atoms with Crippen LogP contribution < -0.4 is 16.4 Å². The van der Waals surface area contributed by atoms with Crippen LogP contribution in [0.3, 0.4) is 0 Å². The Bertz CT molecular complexity index is 1070. The number of benzene rings is 1. The van der Waals surface area contributed by atoms with Crippen molar-refractivity contribution in [1.82, 2.24) is 15.0 Å². The van der Waals surface area contributed by atoms with Crippen molar-refractivity contribution in [2.45, 2.75) is 4.90 Å². The van der Waals surface area contributed by atoms with E-state index < -0.39 is 37.9 Å². The molecule has 1 heterocycles. The highest BCUT2D eigenvalue weighted by molar-refractivity contribution is 7.85. The molecule has 0 aliphatic heterocycles. The Hall–Kier alpha value is -3.08. The number of hydrogen-bond acceptors (Lipinski definition) is 12. The maximum Gasteiger partial charge on any atom is 0.315 e. The lowest BCUT2D eigenvalue weighted by atomic mass is 10.2. The number of phenolic OH excluding ortho intramolecular Hbond substituents is 1. The predicted molar refractivity (Wildman–Crippen MR) is 109 cm³/mol. The van der Waals surface area contributed by atoms with Crippen LogP contribution in [0.25, 0.3) is 0 Å². The van der Waals surface area contributed by atoms with Crippen LogP contribution in [-0.2, 0) is 30.1 Å². The zero-order valence-corrected chi connectivity index (χ0v) is 17.4. The van der Waals surface area contributed by atoms with Gasteiger partial charge in [0.2, 0.25) is 23.0 Å². The summed E-state index contributed by atoms with van der Waals surface area (Å²) in [5.41, 5.74) is 4.87. The lowest BCUT2D eigenvalue weighted by Gasteiger charge is -2.11. The first-order chi connectivity index (χ1) is 14.6. The molecule has 0 amide bonds. The quantitative estimate of drug-likeness (QED) is 0.0931. The van der Waals surface area contributed by atoms with Gasteiger partial charge in [-0.05, 0) is 12.1 Å². The highest BCUT2D eigenvalue weighted by atomic mass is 32.2. The van der Waals surface area contributed by atoms with Gasteiger partial charge in [-0.15, -0.1) is 0 Å². The number of rotatable bonds is 12. The summed E-state index contributed by atoms with van der Waals surface area (Å²) in [6, 6.07) is 1.71. The average molecular weight is 478 g/mol. The molecule has 1 unspecified atom stereocenters. The monoisotopic (exact) mass is 478 g/mol. The highest BCUT2D eigenvalue weighted by Crippen LogP contribution is 2.34.